The van der Waals surface area contributed by atoms with E-state index in [0.29, 0.717) is 0 Å². The fraction of sp³-hybridized carbons (Fsp3) is 0.0213. The van der Waals surface area contributed by atoms with Crippen LogP contribution in [-0.4, -0.2) is 3.26 Å². The molecular weight excluding hydrogens is 814 g/mol. The average Bonchev–Trinajstić information content (AvgIpc) is 3.88. The van der Waals surface area contributed by atoms with Gasteiger partial charge in [0, 0.05) is 0 Å². The molecule has 0 heterocycles. The van der Waals surface area contributed by atoms with Gasteiger partial charge in [-0.15, -0.1) is 40.1 Å². The second-order valence-corrected chi connectivity index (χ2v) is 13.8. The molecule has 0 aromatic heterocycles. The maximum absolute atomic E-state index is 2.99. The maximum Gasteiger partial charge on any atom is -0.0255 e. The van der Waals surface area contributed by atoms with Crippen LogP contribution in [0.25, 0.3) is 64.6 Å². The number of benzene rings is 8. The Balaban J connectivity index is 0.000000147. The van der Waals surface area contributed by atoms with Crippen LogP contribution >= 0.6 is 0 Å². The molecule has 9 aromatic carbocycles. The van der Waals surface area contributed by atoms with Crippen molar-refractivity contribution in [2.45, 2.75) is 6.42 Å². The van der Waals surface area contributed by atoms with Crippen LogP contribution in [0.4, 0.5) is 0 Å². The van der Waals surface area contributed by atoms with Gasteiger partial charge in [0.25, 0.3) is 0 Å². The minimum absolute atomic E-state index is 0. The summed E-state index contributed by atoms with van der Waals surface area (Å²) in [5.74, 6) is 0. The molecule has 10 rings (SSSR count). The predicted molar refractivity (Wildman–Crippen MR) is 205 cm³/mol. The fourth-order valence-corrected chi connectivity index (χ4v) is 8.55. The smallest absolute Gasteiger partial charge is 0.0255 e. The van der Waals surface area contributed by atoms with Gasteiger partial charge in [-0.05, 0) is 10.8 Å². The van der Waals surface area contributed by atoms with E-state index in [4.69, 9.17) is 0 Å². The molecule has 0 unspecified atom stereocenters. The molecule has 0 bridgehead atoms. The van der Waals surface area contributed by atoms with Crippen molar-refractivity contribution in [2.75, 3.05) is 0 Å². The summed E-state index contributed by atoms with van der Waals surface area (Å²) in [6, 6.07) is 59.0. The van der Waals surface area contributed by atoms with Crippen molar-refractivity contribution in [1.29, 1.82) is 0 Å². The molecule has 0 aliphatic heterocycles. The van der Waals surface area contributed by atoms with E-state index < -0.39 is 0 Å². The van der Waals surface area contributed by atoms with Gasteiger partial charge in [-0.25, -0.2) is 12.2 Å². The molecule has 1 aliphatic carbocycles. The Morgan fingerprint density at radius 1 is 0.480 bits per heavy atom. The van der Waals surface area contributed by atoms with Crippen LogP contribution in [0, 0.1) is 6.08 Å². The van der Waals surface area contributed by atoms with E-state index in [0.717, 1.165) is 30.3 Å². The van der Waals surface area contributed by atoms with Crippen LogP contribution in [0.3, 0.4) is 0 Å². The van der Waals surface area contributed by atoms with Crippen molar-refractivity contribution < 1.29 is 48.7 Å². The van der Waals surface area contributed by atoms with Crippen molar-refractivity contribution in [3.05, 3.63) is 199 Å². The zero-order chi connectivity index (χ0) is 32.3. The first-order valence-electron chi connectivity index (χ1n) is 16.4. The molecule has 0 atom stereocenters. The Morgan fingerprint density at radius 2 is 0.940 bits per heavy atom. The summed E-state index contributed by atoms with van der Waals surface area (Å²) in [5, 5.41) is 16.2. The molecule has 240 valence electrons. The number of hydrogen-bond acceptors (Lipinski definition) is 0. The molecule has 50 heavy (non-hydrogen) atoms. The minimum Gasteiger partial charge on any atom is -0.126 e. The molecule has 0 saturated carbocycles. The van der Waals surface area contributed by atoms with E-state index in [-0.39, 0.29) is 24.8 Å². The summed E-state index contributed by atoms with van der Waals surface area (Å²) in [4.78, 5) is 0. The van der Waals surface area contributed by atoms with Crippen LogP contribution in [0.5, 0.6) is 0 Å². The number of halogens is 2. The van der Waals surface area contributed by atoms with Crippen molar-refractivity contribution in [2.24, 2.45) is 0 Å². The first-order chi connectivity index (χ1) is 23.8. The predicted octanol–water partition coefficient (Wildman–Crippen LogP) is 6.44. The minimum atomic E-state index is 0. The quantitative estimate of drug-likeness (QED) is 0.107. The van der Waals surface area contributed by atoms with Crippen LogP contribution in [-0.2, 0) is 23.9 Å². The topological polar surface area (TPSA) is 0 Å². The molecule has 0 spiro atoms. The van der Waals surface area contributed by atoms with Crippen molar-refractivity contribution >= 4 is 67.9 Å². The number of fused-ring (bicyclic) bond motifs is 10. The first-order valence-corrected chi connectivity index (χ1v) is 18.2. The SMILES string of the molecule is [C-]1=CC=CC1.[Cl-].[Cl-].[Hf+2]=[C](c1cccc2ccccc12)c1cccc2ccccc12.c1ccc2c(c1)[cH-]c1c3ccccc3c3ccccc3c21. The molecule has 0 N–H and O–H groups in total. The molecule has 0 radical (unpaired) electrons. The summed E-state index contributed by atoms with van der Waals surface area (Å²) in [7, 11) is 0. The van der Waals surface area contributed by atoms with Gasteiger partial charge in [-0.2, -0.15) is 6.08 Å². The van der Waals surface area contributed by atoms with E-state index >= 15 is 0 Å². The number of rotatable bonds is 2. The van der Waals surface area contributed by atoms with Crippen molar-refractivity contribution in [1.82, 2.24) is 0 Å². The molecular formula is C47H32Cl2Hf-2. The standard InChI is InChI=1S/C21H13.C21H14.C5H5.2ClH.Hf/c1-2-8-15-14(7-1)13-20-18-11-4-3-9-16(18)17-10-5-6-12-19(17)21(15)20;1-3-13-20-16(7-1)9-5-11-18(20)15-19-12-6-10-17-8-2-4-14-21(17)19;1-2-4-5-3-1;;;/h1-13H;1-14H;1-3H,4H2;2*1H;/q-1;;-1;;;+2/p-2. The molecule has 0 amide bonds. The zero-order valence-corrected chi connectivity index (χ0v) is 32.4. The summed E-state index contributed by atoms with van der Waals surface area (Å²) in [5.41, 5.74) is 2.75. The molecule has 1 aliphatic rings. The van der Waals surface area contributed by atoms with Gasteiger partial charge in [-0.1, -0.05) is 77.5 Å². The Bertz CT molecular complexity index is 2580. The monoisotopic (exact) mass is 846 g/mol. The number of hydrogen-bond donors (Lipinski definition) is 0. The largest absolute Gasteiger partial charge is 0.126 e. The van der Waals surface area contributed by atoms with Crippen LogP contribution in [0.15, 0.2) is 182 Å². The van der Waals surface area contributed by atoms with Gasteiger partial charge >= 0.3 is 145 Å². The van der Waals surface area contributed by atoms with Gasteiger partial charge in [0.1, 0.15) is 0 Å². The second-order valence-electron chi connectivity index (χ2n) is 12.0. The summed E-state index contributed by atoms with van der Waals surface area (Å²) in [6.45, 7) is 0. The van der Waals surface area contributed by atoms with E-state index in [9.17, 15) is 0 Å². The third-order valence-electron chi connectivity index (χ3n) is 9.21. The van der Waals surface area contributed by atoms with Crippen molar-refractivity contribution in [3.63, 3.8) is 0 Å². The average molecular weight is 846 g/mol. The van der Waals surface area contributed by atoms with Gasteiger partial charge in [0.15, 0.2) is 0 Å². The van der Waals surface area contributed by atoms with Gasteiger partial charge in [0.2, 0.25) is 0 Å². The van der Waals surface area contributed by atoms with Gasteiger partial charge in [-0.3, -0.25) is 6.08 Å². The van der Waals surface area contributed by atoms with Crippen molar-refractivity contribution in [3.8, 4) is 0 Å². The van der Waals surface area contributed by atoms with Crippen LogP contribution in [0.1, 0.15) is 17.5 Å². The maximum atomic E-state index is 2.99. The van der Waals surface area contributed by atoms with E-state index in [1.54, 1.807) is 0 Å². The van der Waals surface area contributed by atoms with E-state index in [2.05, 4.69) is 176 Å². The molecule has 0 nitrogen and oxygen atoms in total. The first kappa shape index (κ1) is 35.3. The summed E-state index contributed by atoms with van der Waals surface area (Å²) < 4.78 is 1.47. The summed E-state index contributed by atoms with van der Waals surface area (Å²) >= 11 is 1.02. The molecule has 0 fully saturated rings. The third kappa shape index (κ3) is 6.79. The van der Waals surface area contributed by atoms with Gasteiger partial charge < -0.3 is 24.8 Å². The van der Waals surface area contributed by atoms with Crippen LogP contribution in [0.2, 0.25) is 0 Å². The summed E-state index contributed by atoms with van der Waals surface area (Å²) in [6.07, 6.45) is 10.0. The Morgan fingerprint density at radius 3 is 1.48 bits per heavy atom. The molecule has 0 saturated heterocycles. The Hall–Kier alpha value is -4.53. The second kappa shape index (κ2) is 16.0. The third-order valence-corrected chi connectivity index (χ3v) is 11.1. The molecule has 9 aromatic rings. The normalized spacial score (nSPS) is 11.6. The zero-order valence-electron chi connectivity index (χ0n) is 27.3. The Kier molecular flexibility index (Phi) is 11.3. The van der Waals surface area contributed by atoms with Crippen LogP contribution < -0.4 is 24.8 Å². The molecule has 3 heteroatoms. The fourth-order valence-electron chi connectivity index (χ4n) is 6.99. The van der Waals surface area contributed by atoms with E-state index in [1.165, 1.54) is 79.0 Å². The Labute approximate surface area is 320 Å². The van der Waals surface area contributed by atoms with Gasteiger partial charge in [0.05, 0.1) is 0 Å². The van der Waals surface area contributed by atoms with E-state index in [1.807, 2.05) is 12.2 Å². The number of allylic oxidation sites excluding steroid dienone is 4.